The van der Waals surface area contributed by atoms with Crippen molar-refractivity contribution in [1.82, 2.24) is 9.47 Å². The molecule has 0 radical (unpaired) electrons. The van der Waals surface area contributed by atoms with Crippen molar-refractivity contribution in [1.29, 1.82) is 5.26 Å². The molecule has 29 heavy (non-hydrogen) atoms. The average Bonchev–Trinajstić information content (AvgIpc) is 3.14. The Bertz CT molecular complexity index is 960. The van der Waals surface area contributed by atoms with E-state index in [0.29, 0.717) is 17.5 Å². The monoisotopic (exact) mass is 385 g/mol. The first-order chi connectivity index (χ1) is 14.0. The number of hydrogen-bond acceptors (Lipinski definition) is 2. The summed E-state index contributed by atoms with van der Waals surface area (Å²) in [7, 11) is 0. The normalized spacial score (nSPS) is 12.3. The van der Waals surface area contributed by atoms with Gasteiger partial charge < -0.3 is 4.57 Å². The van der Waals surface area contributed by atoms with E-state index in [-0.39, 0.29) is 0 Å². The minimum absolute atomic E-state index is 0.452. The molecule has 150 valence electrons. The van der Waals surface area contributed by atoms with Crippen molar-refractivity contribution in [2.45, 2.75) is 53.4 Å². The van der Waals surface area contributed by atoms with Crippen LogP contribution in [-0.2, 0) is 19.6 Å². The van der Waals surface area contributed by atoms with Gasteiger partial charge in [0.25, 0.3) is 0 Å². The molecule has 0 bridgehead atoms. The summed E-state index contributed by atoms with van der Waals surface area (Å²) in [6, 6.07) is 23.7. The predicted octanol–water partition coefficient (Wildman–Crippen LogP) is 5.76. The van der Waals surface area contributed by atoms with E-state index in [4.69, 9.17) is 5.26 Å². The molecule has 0 amide bonds. The Morgan fingerprint density at radius 3 is 2.34 bits per heavy atom. The molecule has 2 aromatic carbocycles. The second-order valence-corrected chi connectivity index (χ2v) is 8.31. The largest absolute Gasteiger partial charge is 0.346 e. The fourth-order valence-electron chi connectivity index (χ4n) is 3.65. The molecule has 0 saturated heterocycles. The third kappa shape index (κ3) is 5.59. The molecular formula is C26H31N3. The highest BCUT2D eigenvalue weighted by molar-refractivity contribution is 5.31. The summed E-state index contributed by atoms with van der Waals surface area (Å²) in [6.07, 6.45) is 2.18. The lowest BCUT2D eigenvalue weighted by molar-refractivity contribution is 0.148. The van der Waals surface area contributed by atoms with Crippen LogP contribution in [0.1, 0.15) is 48.7 Å². The van der Waals surface area contributed by atoms with Crippen LogP contribution in [0.2, 0.25) is 0 Å². The third-order valence-electron chi connectivity index (χ3n) is 5.73. The lowest BCUT2D eigenvalue weighted by Gasteiger charge is -2.32. The molecule has 3 aromatic rings. The standard InChI is InChI=1S/C26H31N3/c1-20(2)22(4)29(17-24-12-10-23(16-27)11-13-24)19-26-9-6-14-28(26)18-25-8-5-7-21(3)15-25/h5-15,20,22H,17-19H2,1-4H3/t22-/m1/s1. The maximum absolute atomic E-state index is 9.05. The van der Waals surface area contributed by atoms with Crippen LogP contribution in [-0.4, -0.2) is 15.5 Å². The lowest BCUT2D eigenvalue weighted by Crippen LogP contribution is -2.36. The summed E-state index contributed by atoms with van der Waals surface area (Å²) in [5.41, 5.74) is 5.91. The van der Waals surface area contributed by atoms with Crippen LogP contribution in [0.25, 0.3) is 0 Å². The first-order valence-corrected chi connectivity index (χ1v) is 10.4. The average molecular weight is 386 g/mol. The Morgan fingerprint density at radius 2 is 1.69 bits per heavy atom. The maximum atomic E-state index is 9.05. The molecule has 3 rings (SSSR count). The van der Waals surface area contributed by atoms with Gasteiger partial charge in [0.15, 0.2) is 0 Å². The molecule has 0 saturated carbocycles. The molecular weight excluding hydrogens is 354 g/mol. The first-order valence-electron chi connectivity index (χ1n) is 10.4. The van der Waals surface area contributed by atoms with E-state index >= 15 is 0 Å². The molecule has 0 unspecified atom stereocenters. The van der Waals surface area contributed by atoms with Crippen molar-refractivity contribution in [2.24, 2.45) is 5.92 Å². The molecule has 1 aromatic heterocycles. The van der Waals surface area contributed by atoms with Gasteiger partial charge in [-0.15, -0.1) is 0 Å². The second-order valence-electron chi connectivity index (χ2n) is 8.31. The van der Waals surface area contributed by atoms with E-state index in [9.17, 15) is 0 Å². The molecule has 1 heterocycles. The summed E-state index contributed by atoms with van der Waals surface area (Å²) in [4.78, 5) is 2.54. The number of nitriles is 1. The Balaban J connectivity index is 1.79. The van der Waals surface area contributed by atoms with Gasteiger partial charge in [-0.3, -0.25) is 4.90 Å². The quantitative estimate of drug-likeness (QED) is 0.493. The van der Waals surface area contributed by atoms with Crippen molar-refractivity contribution < 1.29 is 0 Å². The van der Waals surface area contributed by atoms with Gasteiger partial charge in [0.05, 0.1) is 11.6 Å². The topological polar surface area (TPSA) is 32.0 Å². The zero-order valence-corrected chi connectivity index (χ0v) is 18.0. The number of nitrogens with zero attached hydrogens (tertiary/aromatic N) is 3. The Morgan fingerprint density at radius 1 is 0.931 bits per heavy atom. The van der Waals surface area contributed by atoms with Crippen LogP contribution in [0.5, 0.6) is 0 Å². The highest BCUT2D eigenvalue weighted by atomic mass is 15.2. The van der Waals surface area contributed by atoms with Gasteiger partial charge in [-0.1, -0.05) is 55.8 Å². The van der Waals surface area contributed by atoms with Crippen LogP contribution >= 0.6 is 0 Å². The van der Waals surface area contributed by atoms with Gasteiger partial charge in [-0.25, -0.2) is 0 Å². The van der Waals surface area contributed by atoms with Crippen LogP contribution in [0.3, 0.4) is 0 Å². The highest BCUT2D eigenvalue weighted by Crippen LogP contribution is 2.20. The fourth-order valence-corrected chi connectivity index (χ4v) is 3.65. The summed E-state index contributed by atoms with van der Waals surface area (Å²) in [5.74, 6) is 0.563. The molecule has 0 aliphatic carbocycles. The van der Waals surface area contributed by atoms with E-state index in [2.05, 4.69) is 98.0 Å². The van der Waals surface area contributed by atoms with Crippen LogP contribution in [0, 0.1) is 24.2 Å². The van der Waals surface area contributed by atoms with E-state index < -0.39 is 0 Å². The molecule has 1 atom stereocenters. The first kappa shape index (κ1) is 20.9. The van der Waals surface area contributed by atoms with E-state index in [1.54, 1.807) is 0 Å². The molecule has 0 aliphatic heterocycles. The Hall–Kier alpha value is -2.83. The minimum Gasteiger partial charge on any atom is -0.346 e. The number of aromatic nitrogens is 1. The van der Waals surface area contributed by atoms with Gasteiger partial charge in [-0.05, 0) is 55.2 Å². The van der Waals surface area contributed by atoms with Crippen LogP contribution < -0.4 is 0 Å². The van der Waals surface area contributed by atoms with Gasteiger partial charge in [0.1, 0.15) is 0 Å². The molecule has 0 fully saturated rings. The zero-order valence-electron chi connectivity index (χ0n) is 18.0. The maximum Gasteiger partial charge on any atom is 0.0991 e. The summed E-state index contributed by atoms with van der Waals surface area (Å²) in [6.45, 7) is 11.7. The van der Waals surface area contributed by atoms with Gasteiger partial charge in [0, 0.05) is 37.6 Å². The van der Waals surface area contributed by atoms with E-state index in [0.717, 1.165) is 19.6 Å². The minimum atomic E-state index is 0.452. The third-order valence-corrected chi connectivity index (χ3v) is 5.73. The van der Waals surface area contributed by atoms with Crippen LogP contribution in [0.15, 0.2) is 66.9 Å². The summed E-state index contributed by atoms with van der Waals surface area (Å²) < 4.78 is 2.35. The van der Waals surface area contributed by atoms with Gasteiger partial charge in [0.2, 0.25) is 0 Å². The number of aryl methyl sites for hydroxylation is 1. The molecule has 3 heteroatoms. The number of hydrogen-bond donors (Lipinski definition) is 0. The SMILES string of the molecule is Cc1cccc(Cn2cccc2CN(Cc2ccc(C#N)cc2)[C@H](C)C(C)C)c1. The van der Waals surface area contributed by atoms with Crippen molar-refractivity contribution in [2.75, 3.05) is 0 Å². The molecule has 0 N–H and O–H groups in total. The number of rotatable bonds is 8. The summed E-state index contributed by atoms with van der Waals surface area (Å²) in [5, 5.41) is 9.05. The predicted molar refractivity (Wildman–Crippen MR) is 119 cm³/mol. The van der Waals surface area contributed by atoms with Crippen molar-refractivity contribution in [3.05, 3.63) is 94.8 Å². The summed E-state index contributed by atoms with van der Waals surface area (Å²) >= 11 is 0. The highest BCUT2D eigenvalue weighted by Gasteiger charge is 2.19. The zero-order chi connectivity index (χ0) is 20.8. The van der Waals surface area contributed by atoms with Crippen molar-refractivity contribution >= 4 is 0 Å². The van der Waals surface area contributed by atoms with Gasteiger partial charge >= 0.3 is 0 Å². The Labute approximate surface area is 175 Å². The number of benzene rings is 2. The molecule has 0 aliphatic rings. The van der Waals surface area contributed by atoms with Gasteiger partial charge in [-0.2, -0.15) is 5.26 Å². The Kier molecular flexibility index (Phi) is 6.90. The second kappa shape index (κ2) is 9.58. The van der Waals surface area contributed by atoms with E-state index in [1.807, 2.05) is 12.1 Å². The lowest BCUT2D eigenvalue weighted by atomic mass is 10.0. The fraction of sp³-hybridized carbons (Fsp3) is 0.346. The van der Waals surface area contributed by atoms with Crippen LogP contribution in [0.4, 0.5) is 0 Å². The smallest absolute Gasteiger partial charge is 0.0991 e. The van der Waals surface area contributed by atoms with Crippen molar-refractivity contribution in [3.63, 3.8) is 0 Å². The van der Waals surface area contributed by atoms with E-state index in [1.165, 1.54) is 22.4 Å². The molecule has 0 spiro atoms. The molecule has 3 nitrogen and oxygen atoms in total. The van der Waals surface area contributed by atoms with Crippen molar-refractivity contribution in [3.8, 4) is 6.07 Å².